The molecule has 158 valence electrons. The molecule has 0 bridgehead atoms. The average molecular weight is 432 g/mol. The van der Waals surface area contributed by atoms with Gasteiger partial charge < -0.3 is 14.6 Å². The molecule has 0 spiro atoms. The molecule has 4 rings (SSSR count). The second-order valence-electron chi connectivity index (χ2n) is 7.36. The van der Waals surface area contributed by atoms with E-state index in [1.165, 1.54) is 11.8 Å². The summed E-state index contributed by atoms with van der Waals surface area (Å²) in [6.45, 7) is 8.76. The Labute approximate surface area is 186 Å². The highest BCUT2D eigenvalue weighted by Crippen LogP contribution is 2.31. The summed E-state index contributed by atoms with van der Waals surface area (Å²) >= 11 is 1.37. The molecule has 1 aliphatic heterocycles. The fourth-order valence-electron chi connectivity index (χ4n) is 3.61. The normalized spacial score (nSPS) is 16.2. The number of aryl methyl sites for hydroxylation is 2. The van der Waals surface area contributed by atoms with Crippen LogP contribution in [0.4, 0.5) is 5.69 Å². The molecule has 0 atom stereocenters. The molecule has 1 aliphatic rings. The third kappa shape index (κ3) is 4.44. The van der Waals surface area contributed by atoms with Gasteiger partial charge in [0.25, 0.3) is 5.91 Å². The van der Waals surface area contributed by atoms with Gasteiger partial charge in [-0.3, -0.25) is 4.79 Å². The molecular formula is C25H25N3O2S. The fourth-order valence-corrected chi connectivity index (χ4v) is 4.43. The van der Waals surface area contributed by atoms with E-state index in [9.17, 15) is 4.79 Å². The number of aliphatic imine (C=N–C) groups is 1. The van der Waals surface area contributed by atoms with Crippen LogP contribution in [-0.4, -0.2) is 22.2 Å². The van der Waals surface area contributed by atoms with E-state index in [4.69, 9.17) is 4.74 Å². The zero-order valence-electron chi connectivity index (χ0n) is 18.1. The lowest BCUT2D eigenvalue weighted by molar-refractivity contribution is -0.115. The molecule has 0 unspecified atom stereocenters. The van der Waals surface area contributed by atoms with Gasteiger partial charge in [0.2, 0.25) is 0 Å². The number of thioether (sulfide) groups is 1. The largest absolute Gasteiger partial charge is 0.494 e. The van der Waals surface area contributed by atoms with Gasteiger partial charge >= 0.3 is 0 Å². The second kappa shape index (κ2) is 8.86. The van der Waals surface area contributed by atoms with Crippen LogP contribution < -0.4 is 10.1 Å². The number of carbonyl (C=O) groups is 1. The van der Waals surface area contributed by atoms with E-state index < -0.39 is 0 Å². The lowest BCUT2D eigenvalue weighted by Gasteiger charge is -2.11. The van der Waals surface area contributed by atoms with Crippen molar-refractivity contribution in [3.8, 4) is 11.4 Å². The lowest BCUT2D eigenvalue weighted by atomic mass is 10.2. The van der Waals surface area contributed by atoms with Crippen molar-refractivity contribution >= 4 is 34.6 Å². The van der Waals surface area contributed by atoms with Gasteiger partial charge in [-0.15, -0.1) is 0 Å². The van der Waals surface area contributed by atoms with Gasteiger partial charge in [0.05, 0.1) is 17.2 Å². The number of benzene rings is 2. The zero-order valence-corrected chi connectivity index (χ0v) is 18.9. The number of aromatic nitrogens is 1. The molecule has 3 aromatic rings. The second-order valence-corrected chi connectivity index (χ2v) is 8.39. The van der Waals surface area contributed by atoms with Gasteiger partial charge in [-0.25, -0.2) is 4.99 Å². The Morgan fingerprint density at radius 1 is 1.10 bits per heavy atom. The Bertz CT molecular complexity index is 1190. The Balaban J connectivity index is 1.61. The number of amides is 1. The fraction of sp³-hybridized carbons (Fsp3) is 0.200. The van der Waals surface area contributed by atoms with Crippen molar-refractivity contribution in [2.24, 2.45) is 4.99 Å². The monoisotopic (exact) mass is 431 g/mol. The summed E-state index contributed by atoms with van der Waals surface area (Å²) in [7, 11) is 0. The van der Waals surface area contributed by atoms with Crippen molar-refractivity contribution in [1.82, 2.24) is 9.88 Å². The molecule has 0 radical (unpaired) electrons. The molecule has 0 aliphatic carbocycles. The summed E-state index contributed by atoms with van der Waals surface area (Å²) in [6, 6.07) is 18.0. The quantitative estimate of drug-likeness (QED) is 0.528. The van der Waals surface area contributed by atoms with Crippen molar-refractivity contribution in [1.29, 1.82) is 0 Å². The minimum atomic E-state index is -0.122. The molecule has 2 aromatic carbocycles. The Morgan fingerprint density at radius 3 is 2.55 bits per heavy atom. The molecular weight excluding hydrogens is 406 g/mol. The van der Waals surface area contributed by atoms with E-state index in [0.717, 1.165) is 39.6 Å². The van der Waals surface area contributed by atoms with Crippen LogP contribution >= 0.6 is 11.8 Å². The van der Waals surface area contributed by atoms with Crippen molar-refractivity contribution in [3.63, 3.8) is 0 Å². The third-order valence-electron chi connectivity index (χ3n) is 5.15. The first kappa shape index (κ1) is 21.0. The number of rotatable bonds is 5. The standard InChI is InChI=1S/C25H25N3O2S/c1-5-30-21-12-10-20(11-13-21)28-17(3)14-19(18(28)4)15-23-24(29)27-25(31-23)26-22-9-7-6-8-16(22)2/h6-15H,5H2,1-4H3,(H,26,27,29)/b23-15-. The van der Waals surface area contributed by atoms with Crippen LogP contribution in [0, 0.1) is 20.8 Å². The average Bonchev–Trinajstić information content (AvgIpc) is 3.23. The van der Waals surface area contributed by atoms with E-state index in [-0.39, 0.29) is 5.91 Å². The number of hydrogen-bond acceptors (Lipinski definition) is 4. The first-order valence-corrected chi connectivity index (χ1v) is 11.1. The molecule has 0 saturated carbocycles. The SMILES string of the molecule is CCOc1ccc(-n2c(C)cc(/C=C3\SC(=Nc4ccccc4C)NC3=O)c2C)cc1. The van der Waals surface area contributed by atoms with Gasteiger partial charge in [-0.1, -0.05) is 18.2 Å². The number of para-hydroxylation sites is 1. The lowest BCUT2D eigenvalue weighted by Crippen LogP contribution is -2.19. The molecule has 1 fully saturated rings. The molecule has 1 aromatic heterocycles. The maximum absolute atomic E-state index is 12.5. The van der Waals surface area contributed by atoms with Crippen LogP contribution in [0.2, 0.25) is 0 Å². The molecule has 6 heteroatoms. The smallest absolute Gasteiger partial charge is 0.264 e. The number of ether oxygens (including phenoxy) is 1. The number of nitrogens with zero attached hydrogens (tertiary/aromatic N) is 2. The summed E-state index contributed by atoms with van der Waals surface area (Å²) < 4.78 is 7.73. The summed E-state index contributed by atoms with van der Waals surface area (Å²) in [6.07, 6.45) is 1.94. The van der Waals surface area contributed by atoms with E-state index in [1.807, 2.05) is 68.5 Å². The van der Waals surface area contributed by atoms with E-state index in [0.29, 0.717) is 16.7 Å². The van der Waals surface area contributed by atoms with Crippen LogP contribution in [0.3, 0.4) is 0 Å². The molecule has 2 heterocycles. The Kier molecular flexibility index (Phi) is 6.00. The molecule has 31 heavy (non-hydrogen) atoms. The van der Waals surface area contributed by atoms with Gasteiger partial charge in [0, 0.05) is 17.1 Å². The number of nitrogens with one attached hydrogen (secondary N) is 1. The summed E-state index contributed by atoms with van der Waals surface area (Å²) in [5.74, 6) is 0.735. The topological polar surface area (TPSA) is 55.6 Å². The third-order valence-corrected chi connectivity index (χ3v) is 6.06. The van der Waals surface area contributed by atoms with Crippen LogP contribution in [0.25, 0.3) is 11.8 Å². The number of carbonyl (C=O) groups excluding carboxylic acids is 1. The number of amidine groups is 1. The molecule has 5 nitrogen and oxygen atoms in total. The maximum atomic E-state index is 12.5. The van der Waals surface area contributed by atoms with Crippen LogP contribution in [0.1, 0.15) is 29.4 Å². The Hall–Kier alpha value is -3.25. The van der Waals surface area contributed by atoms with E-state index in [2.05, 4.69) is 34.8 Å². The Morgan fingerprint density at radius 2 is 1.84 bits per heavy atom. The first-order chi connectivity index (χ1) is 15.0. The summed E-state index contributed by atoms with van der Waals surface area (Å²) in [4.78, 5) is 17.8. The molecule has 1 N–H and O–H groups in total. The molecule has 1 amide bonds. The minimum absolute atomic E-state index is 0.122. The maximum Gasteiger partial charge on any atom is 0.264 e. The van der Waals surface area contributed by atoms with Gasteiger partial charge in [-0.2, -0.15) is 0 Å². The summed E-state index contributed by atoms with van der Waals surface area (Å²) in [5, 5.41) is 3.48. The van der Waals surface area contributed by atoms with Gasteiger partial charge in [-0.05, 0) is 93.1 Å². The van der Waals surface area contributed by atoms with Crippen LogP contribution in [0.15, 0.2) is 64.5 Å². The highest BCUT2D eigenvalue weighted by Gasteiger charge is 2.24. The predicted octanol–water partition coefficient (Wildman–Crippen LogP) is 5.69. The van der Waals surface area contributed by atoms with Crippen LogP contribution in [-0.2, 0) is 4.79 Å². The van der Waals surface area contributed by atoms with E-state index >= 15 is 0 Å². The van der Waals surface area contributed by atoms with Gasteiger partial charge in [0.1, 0.15) is 5.75 Å². The van der Waals surface area contributed by atoms with Crippen molar-refractivity contribution in [2.45, 2.75) is 27.7 Å². The number of hydrogen-bond donors (Lipinski definition) is 1. The van der Waals surface area contributed by atoms with E-state index in [1.54, 1.807) is 0 Å². The summed E-state index contributed by atoms with van der Waals surface area (Å²) in [5.41, 5.74) is 6.19. The van der Waals surface area contributed by atoms with Crippen molar-refractivity contribution < 1.29 is 9.53 Å². The zero-order chi connectivity index (χ0) is 22.0. The van der Waals surface area contributed by atoms with Crippen LogP contribution in [0.5, 0.6) is 5.75 Å². The molecule has 1 saturated heterocycles. The van der Waals surface area contributed by atoms with Crippen molar-refractivity contribution in [2.75, 3.05) is 6.61 Å². The predicted molar refractivity (Wildman–Crippen MR) is 128 cm³/mol. The highest BCUT2D eigenvalue weighted by atomic mass is 32.2. The highest BCUT2D eigenvalue weighted by molar-refractivity contribution is 8.18. The van der Waals surface area contributed by atoms with Gasteiger partial charge in [0.15, 0.2) is 5.17 Å². The van der Waals surface area contributed by atoms with Crippen molar-refractivity contribution in [3.05, 3.63) is 82.0 Å². The minimum Gasteiger partial charge on any atom is -0.494 e. The first-order valence-electron chi connectivity index (χ1n) is 10.2.